The van der Waals surface area contributed by atoms with Crippen molar-refractivity contribution in [3.63, 3.8) is 0 Å². The number of piperidine rings is 1. The highest BCUT2D eigenvalue weighted by Gasteiger charge is 2.22. The van der Waals surface area contributed by atoms with E-state index in [9.17, 15) is 4.79 Å². The van der Waals surface area contributed by atoms with Crippen LogP contribution in [0.5, 0.6) is 0 Å². The van der Waals surface area contributed by atoms with Gasteiger partial charge in [-0.3, -0.25) is 0 Å². The van der Waals surface area contributed by atoms with E-state index < -0.39 is 0 Å². The van der Waals surface area contributed by atoms with Crippen molar-refractivity contribution < 1.29 is 9.53 Å². The Bertz CT molecular complexity index is 184. The summed E-state index contributed by atoms with van der Waals surface area (Å²) in [5, 5.41) is 0. The van der Waals surface area contributed by atoms with E-state index in [-0.39, 0.29) is 12.2 Å². The third kappa shape index (κ3) is 3.20. The zero-order valence-electron chi connectivity index (χ0n) is 9.16. The lowest BCUT2D eigenvalue weighted by Crippen LogP contribution is -2.39. The highest BCUT2D eigenvalue weighted by Crippen LogP contribution is 2.20. The molecule has 1 aliphatic heterocycles. The highest BCUT2D eigenvalue weighted by atomic mass is 16.6. The summed E-state index contributed by atoms with van der Waals surface area (Å²) in [4.78, 5) is 13.3. The van der Waals surface area contributed by atoms with Gasteiger partial charge < -0.3 is 9.64 Å². The van der Waals surface area contributed by atoms with Gasteiger partial charge in [0.1, 0.15) is 0 Å². The van der Waals surface area contributed by atoms with E-state index in [1.54, 1.807) is 4.90 Å². The van der Waals surface area contributed by atoms with Gasteiger partial charge in [-0.2, -0.15) is 0 Å². The van der Waals surface area contributed by atoms with Crippen molar-refractivity contribution >= 4 is 6.09 Å². The molecule has 0 aromatic rings. The Morgan fingerprint density at radius 3 is 2.50 bits per heavy atom. The van der Waals surface area contributed by atoms with Gasteiger partial charge in [0.15, 0.2) is 0 Å². The summed E-state index contributed by atoms with van der Waals surface area (Å²) < 4.78 is 5.13. The first-order valence-corrected chi connectivity index (χ1v) is 5.38. The number of amides is 1. The fraction of sp³-hybridized carbons (Fsp3) is 0.818. The molecule has 0 atom stereocenters. The van der Waals surface area contributed by atoms with Gasteiger partial charge >= 0.3 is 6.09 Å². The first-order valence-electron chi connectivity index (χ1n) is 5.38. The molecule has 0 aromatic carbocycles. The van der Waals surface area contributed by atoms with E-state index >= 15 is 0 Å². The molecule has 0 spiro atoms. The largest absolute Gasteiger partial charge is 0.447 e. The number of hydrogen-bond acceptors (Lipinski definition) is 2. The maximum absolute atomic E-state index is 11.5. The number of carbonyl (C=O) groups excluding carboxylic acids is 1. The average Bonchev–Trinajstić information content (AvgIpc) is 2.17. The molecule has 0 bridgehead atoms. The van der Waals surface area contributed by atoms with E-state index in [0.717, 1.165) is 32.4 Å². The van der Waals surface area contributed by atoms with Crippen LogP contribution >= 0.6 is 0 Å². The maximum Gasteiger partial charge on any atom is 0.410 e. The fourth-order valence-electron chi connectivity index (χ4n) is 1.68. The van der Waals surface area contributed by atoms with Crippen LogP contribution in [0.15, 0.2) is 0 Å². The Hall–Kier alpha value is -0.730. The van der Waals surface area contributed by atoms with Crippen LogP contribution in [0.4, 0.5) is 4.79 Å². The minimum absolute atomic E-state index is 0.0203. The lowest BCUT2D eigenvalue weighted by Gasteiger charge is -2.31. The number of likely N-dealkylation sites (tertiary alicyclic amines) is 1. The summed E-state index contributed by atoms with van der Waals surface area (Å²) in [5.41, 5.74) is 0. The molecule has 0 aliphatic carbocycles. The normalized spacial score (nSPS) is 18.7. The number of carbonyl (C=O) groups is 1. The molecule has 0 unspecified atom stereocenters. The Balaban J connectivity index is 2.30. The third-order valence-electron chi connectivity index (χ3n) is 2.62. The maximum atomic E-state index is 11.5. The molecular formula is C11H20NO2. The number of hydrogen-bond donors (Lipinski definition) is 0. The van der Waals surface area contributed by atoms with Crippen molar-refractivity contribution in [2.24, 2.45) is 5.92 Å². The quantitative estimate of drug-likeness (QED) is 0.682. The average molecular weight is 198 g/mol. The van der Waals surface area contributed by atoms with Crippen LogP contribution in [0.2, 0.25) is 0 Å². The van der Waals surface area contributed by atoms with Gasteiger partial charge in [0.25, 0.3) is 0 Å². The molecule has 1 saturated heterocycles. The van der Waals surface area contributed by atoms with Crippen molar-refractivity contribution in [1.82, 2.24) is 4.90 Å². The molecule has 1 aliphatic rings. The van der Waals surface area contributed by atoms with Crippen LogP contribution < -0.4 is 0 Å². The zero-order valence-corrected chi connectivity index (χ0v) is 9.16. The van der Waals surface area contributed by atoms with Crippen LogP contribution in [0.25, 0.3) is 0 Å². The summed E-state index contributed by atoms with van der Waals surface area (Å²) >= 11 is 0. The number of ether oxygens (including phenoxy) is 1. The lowest BCUT2D eigenvalue weighted by atomic mass is 9.95. The van der Waals surface area contributed by atoms with Crippen LogP contribution in [0, 0.1) is 12.8 Å². The second-order valence-electron chi connectivity index (χ2n) is 4.15. The molecule has 3 heteroatoms. The number of nitrogens with zero attached hydrogens (tertiary/aromatic N) is 1. The SMILES string of the molecule is [CH2]CC1CCN(C(=O)OC(C)C)CC1. The second kappa shape index (κ2) is 5.23. The van der Waals surface area contributed by atoms with Gasteiger partial charge in [-0.05, 0) is 32.6 Å². The van der Waals surface area contributed by atoms with Crippen LogP contribution in [-0.2, 0) is 4.74 Å². The van der Waals surface area contributed by atoms with E-state index in [2.05, 4.69) is 6.92 Å². The molecule has 1 fully saturated rings. The molecule has 1 heterocycles. The molecule has 81 valence electrons. The fourth-order valence-corrected chi connectivity index (χ4v) is 1.68. The molecule has 0 N–H and O–H groups in total. The molecule has 0 aromatic heterocycles. The van der Waals surface area contributed by atoms with E-state index in [4.69, 9.17) is 4.74 Å². The van der Waals surface area contributed by atoms with Crippen molar-refractivity contribution in [3.05, 3.63) is 6.92 Å². The van der Waals surface area contributed by atoms with Crippen LogP contribution in [-0.4, -0.2) is 30.2 Å². The summed E-state index contributed by atoms with van der Waals surface area (Å²) in [6.45, 7) is 9.29. The molecular weight excluding hydrogens is 178 g/mol. The second-order valence-corrected chi connectivity index (χ2v) is 4.15. The predicted molar refractivity (Wildman–Crippen MR) is 55.9 cm³/mol. The Kier molecular flexibility index (Phi) is 4.23. The van der Waals surface area contributed by atoms with Gasteiger partial charge in [0.2, 0.25) is 0 Å². The minimum atomic E-state index is -0.164. The first-order chi connectivity index (χ1) is 6.63. The van der Waals surface area contributed by atoms with Gasteiger partial charge in [0.05, 0.1) is 6.10 Å². The molecule has 0 saturated carbocycles. The van der Waals surface area contributed by atoms with Gasteiger partial charge in [-0.1, -0.05) is 13.3 Å². The molecule has 1 rings (SSSR count). The zero-order chi connectivity index (χ0) is 10.6. The summed E-state index contributed by atoms with van der Waals surface area (Å²) in [5.74, 6) is 0.693. The Morgan fingerprint density at radius 1 is 1.50 bits per heavy atom. The molecule has 1 radical (unpaired) electrons. The first kappa shape index (κ1) is 11.3. The summed E-state index contributed by atoms with van der Waals surface area (Å²) in [6, 6.07) is 0. The van der Waals surface area contributed by atoms with Gasteiger partial charge in [-0.25, -0.2) is 4.79 Å². The van der Waals surface area contributed by atoms with E-state index in [1.165, 1.54) is 0 Å². The van der Waals surface area contributed by atoms with E-state index in [1.807, 2.05) is 13.8 Å². The third-order valence-corrected chi connectivity index (χ3v) is 2.62. The van der Waals surface area contributed by atoms with Crippen LogP contribution in [0.3, 0.4) is 0 Å². The van der Waals surface area contributed by atoms with Crippen molar-refractivity contribution in [3.8, 4) is 0 Å². The highest BCUT2D eigenvalue weighted by molar-refractivity contribution is 5.67. The van der Waals surface area contributed by atoms with Crippen molar-refractivity contribution in [1.29, 1.82) is 0 Å². The standard InChI is InChI=1S/C11H20NO2/c1-4-10-5-7-12(8-6-10)11(13)14-9(2)3/h9-10H,1,4-8H2,2-3H3. The summed E-state index contributed by atoms with van der Waals surface area (Å²) in [6.07, 6.45) is 2.93. The van der Waals surface area contributed by atoms with Crippen molar-refractivity contribution in [2.45, 2.75) is 39.2 Å². The molecule has 1 amide bonds. The molecule has 14 heavy (non-hydrogen) atoms. The van der Waals surface area contributed by atoms with Crippen LogP contribution in [0.1, 0.15) is 33.1 Å². The van der Waals surface area contributed by atoms with E-state index in [0.29, 0.717) is 5.92 Å². The van der Waals surface area contributed by atoms with Crippen molar-refractivity contribution in [2.75, 3.05) is 13.1 Å². The smallest absolute Gasteiger partial charge is 0.410 e. The predicted octanol–water partition coefficient (Wildman–Crippen LogP) is 2.47. The topological polar surface area (TPSA) is 29.5 Å². The number of rotatable bonds is 2. The molecule has 3 nitrogen and oxygen atoms in total. The van der Waals surface area contributed by atoms with Gasteiger partial charge in [0, 0.05) is 13.1 Å². The Labute approximate surface area is 86.4 Å². The Morgan fingerprint density at radius 2 is 2.07 bits per heavy atom. The lowest BCUT2D eigenvalue weighted by molar-refractivity contribution is 0.0655. The monoisotopic (exact) mass is 198 g/mol. The summed E-state index contributed by atoms with van der Waals surface area (Å²) in [7, 11) is 0. The van der Waals surface area contributed by atoms with Gasteiger partial charge in [-0.15, -0.1) is 0 Å². The minimum Gasteiger partial charge on any atom is -0.447 e.